The van der Waals surface area contributed by atoms with E-state index < -0.39 is 0 Å². The second-order valence-corrected chi connectivity index (χ2v) is 9.52. The molecule has 0 atom stereocenters. The second kappa shape index (κ2) is 11.4. The first kappa shape index (κ1) is 24.8. The first-order valence-electron chi connectivity index (χ1n) is 13.0. The van der Waals surface area contributed by atoms with E-state index in [1.807, 2.05) is 36.1 Å². The minimum atomic E-state index is 0.603. The third-order valence-electron chi connectivity index (χ3n) is 7.17. The Balaban J connectivity index is 1.23. The number of fused-ring (bicyclic) bond motifs is 1. The van der Waals surface area contributed by atoms with Crippen LogP contribution in [0.4, 0.5) is 5.69 Å². The highest BCUT2D eigenvalue weighted by atomic mass is 16.5. The van der Waals surface area contributed by atoms with E-state index in [0.29, 0.717) is 17.9 Å². The van der Waals surface area contributed by atoms with Crippen LogP contribution in [0.3, 0.4) is 0 Å². The van der Waals surface area contributed by atoms with E-state index in [0.717, 1.165) is 68.4 Å². The van der Waals surface area contributed by atoms with Gasteiger partial charge in [0.25, 0.3) is 0 Å². The van der Waals surface area contributed by atoms with Gasteiger partial charge in [-0.2, -0.15) is 10.4 Å². The zero-order valence-electron chi connectivity index (χ0n) is 21.7. The normalized spacial score (nSPS) is 17.2. The number of aromatic nitrogens is 3. The van der Waals surface area contributed by atoms with E-state index in [2.05, 4.69) is 49.1 Å². The number of allylic oxidation sites excluding steroid dienone is 1. The standard InChI is InChI=1S/C28H34N8O/c1-3-26(35-14-12-33(13-15-35)20-22-6-7-27(37-2)31-18-22)30-9-8-23-16-25(34-10-4-5-11-34)21-36-28(23)24(17-29)19-32-36/h3,6-7,9,16,18-19,21H,4-5,8,10-15,20H2,1-2H3/b26-3+,30-9?. The van der Waals surface area contributed by atoms with Gasteiger partial charge >= 0.3 is 0 Å². The van der Waals surface area contributed by atoms with Crippen molar-refractivity contribution in [1.29, 1.82) is 5.26 Å². The van der Waals surface area contributed by atoms with Crippen LogP contribution in [0.2, 0.25) is 0 Å². The lowest BCUT2D eigenvalue weighted by molar-refractivity contribution is 0.151. The average molecular weight is 499 g/mol. The van der Waals surface area contributed by atoms with Crippen LogP contribution in [0.25, 0.3) is 5.52 Å². The van der Waals surface area contributed by atoms with Gasteiger partial charge < -0.3 is 14.5 Å². The summed E-state index contributed by atoms with van der Waals surface area (Å²) in [5.74, 6) is 1.64. The quantitative estimate of drug-likeness (QED) is 0.440. The predicted molar refractivity (Wildman–Crippen MR) is 145 cm³/mol. The molecular weight excluding hydrogens is 464 g/mol. The van der Waals surface area contributed by atoms with Gasteiger partial charge in [0.05, 0.1) is 36.3 Å². The molecule has 2 fully saturated rings. The number of piperazine rings is 1. The van der Waals surface area contributed by atoms with Crippen LogP contribution in [0.1, 0.15) is 36.5 Å². The van der Waals surface area contributed by atoms with Crippen molar-refractivity contribution in [1.82, 2.24) is 24.4 Å². The fourth-order valence-electron chi connectivity index (χ4n) is 5.17. The van der Waals surface area contributed by atoms with Crippen molar-refractivity contribution >= 4 is 17.4 Å². The molecule has 0 aromatic carbocycles. The van der Waals surface area contributed by atoms with Gasteiger partial charge in [0.1, 0.15) is 11.9 Å². The van der Waals surface area contributed by atoms with Crippen LogP contribution in [0.5, 0.6) is 5.88 Å². The van der Waals surface area contributed by atoms with Crippen molar-refractivity contribution in [2.24, 2.45) is 4.99 Å². The second-order valence-electron chi connectivity index (χ2n) is 9.52. The number of nitrogens with zero attached hydrogens (tertiary/aromatic N) is 8. The lowest BCUT2D eigenvalue weighted by atomic mass is 10.1. The summed E-state index contributed by atoms with van der Waals surface area (Å²) in [5.41, 5.74) is 4.91. The molecule has 0 N–H and O–H groups in total. The van der Waals surface area contributed by atoms with Crippen LogP contribution < -0.4 is 9.64 Å². The van der Waals surface area contributed by atoms with E-state index in [-0.39, 0.29) is 0 Å². The van der Waals surface area contributed by atoms with Crippen LogP contribution in [0, 0.1) is 11.3 Å². The van der Waals surface area contributed by atoms with Gasteiger partial charge in [-0.1, -0.05) is 6.07 Å². The molecule has 0 unspecified atom stereocenters. The number of rotatable bonds is 8. The first-order chi connectivity index (χ1) is 18.2. The number of ether oxygens (including phenoxy) is 1. The summed E-state index contributed by atoms with van der Waals surface area (Å²) in [6, 6.07) is 8.49. The highest BCUT2D eigenvalue weighted by Crippen LogP contribution is 2.26. The molecule has 3 aromatic heterocycles. The van der Waals surface area contributed by atoms with E-state index in [4.69, 9.17) is 9.73 Å². The molecule has 2 aliphatic heterocycles. The van der Waals surface area contributed by atoms with Crippen molar-refractivity contribution in [3.8, 4) is 11.9 Å². The van der Waals surface area contributed by atoms with Gasteiger partial charge in [0.2, 0.25) is 5.88 Å². The zero-order valence-corrected chi connectivity index (χ0v) is 21.7. The Kier molecular flexibility index (Phi) is 7.66. The monoisotopic (exact) mass is 498 g/mol. The van der Waals surface area contributed by atoms with E-state index in [1.165, 1.54) is 18.4 Å². The molecule has 3 aromatic rings. The lowest BCUT2D eigenvalue weighted by Gasteiger charge is -2.36. The van der Waals surface area contributed by atoms with E-state index in [1.54, 1.807) is 13.3 Å². The summed E-state index contributed by atoms with van der Waals surface area (Å²) in [7, 11) is 1.64. The maximum absolute atomic E-state index is 9.61. The van der Waals surface area contributed by atoms with Crippen LogP contribution in [-0.2, 0) is 13.0 Å². The smallest absolute Gasteiger partial charge is 0.212 e. The number of methoxy groups -OCH3 is 1. The Morgan fingerprint density at radius 1 is 1.14 bits per heavy atom. The molecule has 0 radical (unpaired) electrons. The summed E-state index contributed by atoms with van der Waals surface area (Å²) in [4.78, 5) is 16.4. The number of hydrogen-bond acceptors (Lipinski definition) is 8. The minimum absolute atomic E-state index is 0.603. The Morgan fingerprint density at radius 3 is 2.62 bits per heavy atom. The van der Waals surface area contributed by atoms with E-state index >= 15 is 0 Å². The van der Waals surface area contributed by atoms with Crippen molar-refractivity contribution < 1.29 is 4.74 Å². The third-order valence-corrected chi connectivity index (χ3v) is 7.17. The summed E-state index contributed by atoms with van der Waals surface area (Å²) in [6.45, 7) is 8.85. The highest BCUT2D eigenvalue weighted by Gasteiger charge is 2.19. The molecule has 0 saturated carbocycles. The number of anilines is 1. The maximum atomic E-state index is 9.61. The Hall–Kier alpha value is -3.90. The van der Waals surface area contributed by atoms with Crippen LogP contribution in [-0.4, -0.2) is 77.0 Å². The van der Waals surface area contributed by atoms with Gasteiger partial charge in [0, 0.05) is 70.7 Å². The first-order valence-corrected chi connectivity index (χ1v) is 13.0. The molecule has 192 valence electrons. The van der Waals surface area contributed by atoms with Gasteiger partial charge in [-0.05, 0) is 43.0 Å². The van der Waals surface area contributed by atoms with Gasteiger partial charge in [-0.25, -0.2) is 14.5 Å². The summed E-state index contributed by atoms with van der Waals surface area (Å²) >= 11 is 0. The summed E-state index contributed by atoms with van der Waals surface area (Å²) in [5, 5.41) is 14.1. The average Bonchev–Trinajstić information content (AvgIpc) is 3.62. The molecule has 9 heteroatoms. The molecule has 5 heterocycles. The topological polar surface area (TPSA) is 85.3 Å². The Morgan fingerprint density at radius 2 is 1.95 bits per heavy atom. The molecule has 0 amide bonds. The fourth-order valence-corrected chi connectivity index (χ4v) is 5.17. The number of aliphatic imine (C=N–C) groups is 1. The molecule has 5 rings (SSSR count). The lowest BCUT2D eigenvalue weighted by Crippen LogP contribution is -2.45. The summed E-state index contributed by atoms with van der Waals surface area (Å²) < 4.78 is 7.01. The molecular formula is C28H34N8O. The zero-order chi connectivity index (χ0) is 25.6. The van der Waals surface area contributed by atoms with Gasteiger partial charge in [-0.15, -0.1) is 0 Å². The molecule has 37 heavy (non-hydrogen) atoms. The molecule has 9 nitrogen and oxygen atoms in total. The van der Waals surface area contributed by atoms with Crippen molar-refractivity contribution in [2.75, 3.05) is 51.3 Å². The van der Waals surface area contributed by atoms with Crippen LogP contribution >= 0.6 is 0 Å². The molecule has 2 aliphatic rings. The Labute approximate surface area is 218 Å². The van der Waals surface area contributed by atoms with Crippen molar-refractivity contribution in [2.45, 2.75) is 32.7 Å². The third kappa shape index (κ3) is 5.59. The predicted octanol–water partition coefficient (Wildman–Crippen LogP) is 3.50. The molecule has 0 bridgehead atoms. The Bertz CT molecular complexity index is 1310. The fraction of sp³-hybridized carbons (Fsp3) is 0.429. The number of pyridine rings is 2. The maximum Gasteiger partial charge on any atom is 0.212 e. The van der Waals surface area contributed by atoms with Crippen molar-refractivity contribution in [3.05, 3.63) is 65.4 Å². The number of hydrogen-bond donors (Lipinski definition) is 0. The largest absolute Gasteiger partial charge is 0.481 e. The minimum Gasteiger partial charge on any atom is -0.481 e. The SMILES string of the molecule is C/C=C(\N=CCc1cc(N2CCCC2)cn2ncc(C#N)c12)N1CCN(Cc2ccc(OC)nc2)CC1. The van der Waals surface area contributed by atoms with Gasteiger partial charge in [-0.3, -0.25) is 4.90 Å². The molecule has 0 spiro atoms. The number of nitriles is 1. The molecule has 2 saturated heterocycles. The summed E-state index contributed by atoms with van der Waals surface area (Å²) in [6.07, 6.45) is 12.7. The van der Waals surface area contributed by atoms with Crippen molar-refractivity contribution in [3.63, 3.8) is 0 Å². The molecule has 0 aliphatic carbocycles. The van der Waals surface area contributed by atoms with Crippen LogP contribution in [0.15, 0.2) is 53.7 Å². The van der Waals surface area contributed by atoms with E-state index in [9.17, 15) is 5.26 Å². The van der Waals surface area contributed by atoms with Gasteiger partial charge in [0.15, 0.2) is 0 Å². The highest BCUT2D eigenvalue weighted by molar-refractivity contribution is 5.75.